The summed E-state index contributed by atoms with van der Waals surface area (Å²) in [6.07, 6.45) is 7.46. The van der Waals surface area contributed by atoms with Crippen molar-refractivity contribution in [3.8, 4) is 0 Å². The molecule has 0 radical (unpaired) electrons. The van der Waals surface area contributed by atoms with E-state index in [-0.39, 0.29) is 10.6 Å². The number of nitro benzene ring substituents is 1. The average molecular weight is 495 g/mol. The fraction of sp³-hybridized carbons (Fsp3) is 0.250. The van der Waals surface area contributed by atoms with Crippen LogP contribution >= 0.6 is 15.9 Å². The summed E-state index contributed by atoms with van der Waals surface area (Å²) in [5.74, 6) is 0. The molecule has 32 heavy (non-hydrogen) atoms. The molecular formula is C24H23BrN4O3. The molecule has 7 nitrogen and oxygen atoms in total. The number of nitro groups is 1. The summed E-state index contributed by atoms with van der Waals surface area (Å²) in [5.41, 5.74) is 5.54. The number of hydrogen-bond acceptors (Lipinski definition) is 6. The highest BCUT2D eigenvalue weighted by Gasteiger charge is 2.25. The van der Waals surface area contributed by atoms with Crippen LogP contribution in [0.15, 0.2) is 80.0 Å². The molecule has 8 heteroatoms. The summed E-state index contributed by atoms with van der Waals surface area (Å²) in [7, 11) is 0. The quantitative estimate of drug-likeness (QED) is 0.313. The summed E-state index contributed by atoms with van der Waals surface area (Å²) in [6, 6.07) is 14.5. The van der Waals surface area contributed by atoms with E-state index in [2.05, 4.69) is 37.1 Å². The minimum absolute atomic E-state index is 0.0960. The van der Waals surface area contributed by atoms with E-state index in [1.807, 2.05) is 30.5 Å². The Labute approximate surface area is 195 Å². The van der Waals surface area contributed by atoms with E-state index in [1.54, 1.807) is 30.5 Å². The van der Waals surface area contributed by atoms with E-state index < -0.39 is 0 Å². The van der Waals surface area contributed by atoms with Crippen molar-refractivity contribution in [1.82, 2.24) is 4.90 Å². The highest BCUT2D eigenvalue weighted by atomic mass is 79.9. The lowest BCUT2D eigenvalue weighted by Crippen LogP contribution is -2.36. The minimum atomic E-state index is -0.380. The van der Waals surface area contributed by atoms with Crippen molar-refractivity contribution in [2.24, 2.45) is 10.2 Å². The van der Waals surface area contributed by atoms with E-state index in [4.69, 9.17) is 4.74 Å². The van der Waals surface area contributed by atoms with Gasteiger partial charge >= 0.3 is 0 Å². The van der Waals surface area contributed by atoms with Crippen molar-refractivity contribution in [3.63, 3.8) is 0 Å². The van der Waals surface area contributed by atoms with Crippen LogP contribution in [0.2, 0.25) is 0 Å². The van der Waals surface area contributed by atoms with Crippen LogP contribution in [-0.4, -0.2) is 48.6 Å². The molecule has 0 amide bonds. The van der Waals surface area contributed by atoms with Gasteiger partial charge in [-0.05, 0) is 65.5 Å². The molecule has 1 aliphatic carbocycles. The van der Waals surface area contributed by atoms with Gasteiger partial charge in [0, 0.05) is 35.4 Å². The second-order valence-electron chi connectivity index (χ2n) is 7.54. The van der Waals surface area contributed by atoms with E-state index in [0.717, 1.165) is 47.1 Å². The lowest BCUT2D eigenvalue weighted by molar-refractivity contribution is -0.384. The number of rotatable bonds is 6. The van der Waals surface area contributed by atoms with Crippen LogP contribution in [0.1, 0.15) is 24.0 Å². The summed E-state index contributed by atoms with van der Waals surface area (Å²) >= 11 is 3.46. The first-order valence-corrected chi connectivity index (χ1v) is 11.2. The second-order valence-corrected chi connectivity index (χ2v) is 8.45. The summed E-state index contributed by atoms with van der Waals surface area (Å²) in [5, 5.41) is 19.5. The number of benzene rings is 2. The zero-order chi connectivity index (χ0) is 22.3. The molecule has 0 saturated carbocycles. The van der Waals surface area contributed by atoms with Gasteiger partial charge in [-0.25, -0.2) is 0 Å². The molecule has 0 bridgehead atoms. The Morgan fingerprint density at radius 3 is 2.47 bits per heavy atom. The maximum atomic E-state index is 10.9. The summed E-state index contributed by atoms with van der Waals surface area (Å²) in [6.45, 7) is 3.04. The van der Waals surface area contributed by atoms with Gasteiger partial charge in [0.05, 0.1) is 30.6 Å². The first kappa shape index (κ1) is 22.1. The molecule has 0 spiro atoms. The lowest BCUT2D eigenvalue weighted by Gasteiger charge is -2.31. The average Bonchev–Trinajstić information content (AvgIpc) is 3.20. The Balaban J connectivity index is 1.59. The first-order chi connectivity index (χ1) is 15.6. The van der Waals surface area contributed by atoms with Gasteiger partial charge in [0.1, 0.15) is 0 Å². The second kappa shape index (κ2) is 10.5. The van der Waals surface area contributed by atoms with Gasteiger partial charge < -0.3 is 9.64 Å². The normalized spacial score (nSPS) is 18.4. The SMILES string of the molecule is O=[N+]([O-])c1ccc(/C=C2\CCC(/C=N/N=C/c3cccc(Br)c3)=C2N2CCOCC2)cc1. The van der Waals surface area contributed by atoms with Crippen LogP contribution in [0.5, 0.6) is 0 Å². The molecular weight excluding hydrogens is 472 g/mol. The van der Waals surface area contributed by atoms with Gasteiger partial charge in [-0.1, -0.05) is 28.1 Å². The van der Waals surface area contributed by atoms with Gasteiger partial charge in [0.2, 0.25) is 0 Å². The molecule has 164 valence electrons. The standard InChI is InChI=1S/C24H23BrN4O3/c25-22-3-1-2-19(15-22)16-26-27-17-21-7-6-20(24(21)28-10-12-32-13-11-28)14-18-4-8-23(9-5-18)29(30)31/h1-5,8-9,14-17H,6-7,10-13H2/b20-14+,26-16+,27-17+. The molecule has 2 aromatic carbocycles. The first-order valence-electron chi connectivity index (χ1n) is 10.4. The molecule has 0 aromatic heterocycles. The highest BCUT2D eigenvalue weighted by Crippen LogP contribution is 2.35. The number of ether oxygens (including phenoxy) is 1. The van der Waals surface area contributed by atoms with Crippen molar-refractivity contribution in [2.75, 3.05) is 26.3 Å². The fourth-order valence-electron chi connectivity index (χ4n) is 3.86. The number of halogens is 1. The van der Waals surface area contributed by atoms with Crippen LogP contribution in [0.4, 0.5) is 5.69 Å². The zero-order valence-corrected chi connectivity index (χ0v) is 19.1. The van der Waals surface area contributed by atoms with Crippen molar-refractivity contribution < 1.29 is 9.66 Å². The molecule has 1 fully saturated rings. The fourth-order valence-corrected chi connectivity index (χ4v) is 4.27. The van der Waals surface area contributed by atoms with Crippen LogP contribution in [0.25, 0.3) is 6.08 Å². The third-order valence-electron chi connectivity index (χ3n) is 5.38. The largest absolute Gasteiger partial charge is 0.378 e. The van der Waals surface area contributed by atoms with E-state index >= 15 is 0 Å². The van der Waals surface area contributed by atoms with Crippen molar-refractivity contribution in [1.29, 1.82) is 0 Å². The molecule has 1 aliphatic heterocycles. The zero-order valence-electron chi connectivity index (χ0n) is 17.5. The smallest absolute Gasteiger partial charge is 0.269 e. The van der Waals surface area contributed by atoms with Gasteiger partial charge in [0.15, 0.2) is 0 Å². The lowest BCUT2D eigenvalue weighted by atomic mass is 10.1. The number of nitrogens with zero attached hydrogens (tertiary/aromatic N) is 4. The Morgan fingerprint density at radius 1 is 1.00 bits per heavy atom. The van der Waals surface area contributed by atoms with Crippen molar-refractivity contribution in [3.05, 3.63) is 91.1 Å². The molecule has 2 aliphatic rings. The third kappa shape index (κ3) is 5.57. The van der Waals surface area contributed by atoms with Crippen LogP contribution in [0.3, 0.4) is 0 Å². The van der Waals surface area contributed by atoms with Gasteiger partial charge in [-0.3, -0.25) is 10.1 Å². The monoisotopic (exact) mass is 494 g/mol. The van der Waals surface area contributed by atoms with Crippen molar-refractivity contribution >= 4 is 40.1 Å². The number of allylic oxidation sites excluding steroid dienone is 2. The maximum Gasteiger partial charge on any atom is 0.269 e. The summed E-state index contributed by atoms with van der Waals surface area (Å²) < 4.78 is 6.53. The molecule has 2 aromatic rings. The molecule has 1 heterocycles. The van der Waals surface area contributed by atoms with Crippen LogP contribution < -0.4 is 0 Å². The molecule has 0 atom stereocenters. The van der Waals surface area contributed by atoms with Crippen LogP contribution in [0, 0.1) is 10.1 Å². The van der Waals surface area contributed by atoms with Gasteiger partial charge in [-0.2, -0.15) is 10.2 Å². The Hall–Kier alpha value is -3.10. The van der Waals surface area contributed by atoms with E-state index in [9.17, 15) is 10.1 Å². The maximum absolute atomic E-state index is 10.9. The minimum Gasteiger partial charge on any atom is -0.378 e. The van der Waals surface area contributed by atoms with Gasteiger partial charge in [-0.15, -0.1) is 0 Å². The predicted octanol–water partition coefficient (Wildman–Crippen LogP) is 5.23. The van der Waals surface area contributed by atoms with Crippen molar-refractivity contribution in [2.45, 2.75) is 12.8 Å². The topological polar surface area (TPSA) is 80.3 Å². The van der Waals surface area contributed by atoms with Crippen LogP contribution in [-0.2, 0) is 4.74 Å². The van der Waals surface area contributed by atoms with E-state index in [1.165, 1.54) is 11.3 Å². The number of morpholine rings is 1. The molecule has 4 rings (SSSR count). The Morgan fingerprint density at radius 2 is 1.75 bits per heavy atom. The Kier molecular flexibility index (Phi) is 7.24. The third-order valence-corrected chi connectivity index (χ3v) is 5.87. The summed E-state index contributed by atoms with van der Waals surface area (Å²) in [4.78, 5) is 12.9. The number of hydrogen-bond donors (Lipinski definition) is 0. The highest BCUT2D eigenvalue weighted by molar-refractivity contribution is 9.10. The molecule has 1 saturated heterocycles. The van der Waals surface area contributed by atoms with Gasteiger partial charge in [0.25, 0.3) is 5.69 Å². The van der Waals surface area contributed by atoms with E-state index in [0.29, 0.717) is 13.2 Å². The molecule has 0 unspecified atom stereocenters. The predicted molar refractivity (Wildman–Crippen MR) is 130 cm³/mol. The number of non-ortho nitro benzene ring substituents is 1. The Bertz CT molecular complexity index is 1100. The molecule has 0 N–H and O–H groups in total.